The van der Waals surface area contributed by atoms with Crippen LogP contribution in [-0.4, -0.2) is 31.5 Å². The molecule has 2 aromatic heterocycles. The van der Waals surface area contributed by atoms with Crippen molar-refractivity contribution in [3.63, 3.8) is 0 Å². The molecule has 1 aliphatic rings. The number of nitrogens with zero attached hydrogens (tertiary/aromatic N) is 2. The molecular weight excluding hydrogens is 408 g/mol. The van der Waals surface area contributed by atoms with E-state index in [0.717, 1.165) is 4.88 Å². The van der Waals surface area contributed by atoms with Gasteiger partial charge in [0.2, 0.25) is 10.0 Å². The second-order valence-electron chi connectivity index (χ2n) is 7.04. The average Bonchev–Trinajstić information content (AvgIpc) is 3.42. The summed E-state index contributed by atoms with van der Waals surface area (Å²) in [5.74, 6) is 0.684. The number of hydrogen-bond donors (Lipinski definition) is 0. The van der Waals surface area contributed by atoms with Gasteiger partial charge in [0.05, 0.1) is 30.8 Å². The molecular formula is C21H22N2O4S2. The minimum absolute atomic E-state index is 0.146. The van der Waals surface area contributed by atoms with E-state index in [1.807, 2.05) is 25.1 Å². The number of carbonyl (C=O) groups is 1. The Balaban J connectivity index is 1.62. The Morgan fingerprint density at radius 1 is 1.17 bits per heavy atom. The largest absolute Gasteiger partial charge is 0.467 e. The van der Waals surface area contributed by atoms with Crippen LogP contribution in [0.25, 0.3) is 0 Å². The molecule has 29 heavy (non-hydrogen) atoms. The fourth-order valence-electron chi connectivity index (χ4n) is 3.45. The molecule has 152 valence electrons. The normalized spacial score (nSPS) is 15.6. The lowest BCUT2D eigenvalue weighted by molar-refractivity contribution is 0.0719. The highest BCUT2D eigenvalue weighted by Crippen LogP contribution is 2.26. The zero-order valence-electron chi connectivity index (χ0n) is 16.1. The van der Waals surface area contributed by atoms with Gasteiger partial charge >= 0.3 is 0 Å². The lowest BCUT2D eigenvalue weighted by Crippen LogP contribution is -2.30. The van der Waals surface area contributed by atoms with Crippen molar-refractivity contribution in [3.05, 3.63) is 75.9 Å². The first-order chi connectivity index (χ1) is 13.9. The molecule has 0 spiro atoms. The van der Waals surface area contributed by atoms with Crippen LogP contribution in [0.3, 0.4) is 0 Å². The van der Waals surface area contributed by atoms with E-state index in [4.69, 9.17) is 4.42 Å². The molecule has 0 bridgehead atoms. The van der Waals surface area contributed by atoms with Crippen LogP contribution in [0.5, 0.6) is 0 Å². The second kappa shape index (κ2) is 8.04. The standard InChI is InChI=1S/C21H22N2O4S2/c1-16-8-9-20(28-16)15-22(14-19-7-3-11-27-19)21(24)17-5-2-6-18(13-17)23-10-4-12-29(23,25)26/h2-3,5-9,11,13H,4,10,12,14-15H2,1H3. The van der Waals surface area contributed by atoms with Crippen LogP contribution in [0, 0.1) is 6.92 Å². The summed E-state index contributed by atoms with van der Waals surface area (Å²) in [7, 11) is -3.29. The molecule has 0 radical (unpaired) electrons. The Morgan fingerprint density at radius 2 is 2.03 bits per heavy atom. The van der Waals surface area contributed by atoms with E-state index in [1.54, 1.807) is 52.8 Å². The van der Waals surface area contributed by atoms with Gasteiger partial charge in [-0.1, -0.05) is 6.07 Å². The van der Waals surface area contributed by atoms with E-state index in [-0.39, 0.29) is 11.7 Å². The highest BCUT2D eigenvalue weighted by molar-refractivity contribution is 7.93. The Labute approximate surface area is 174 Å². The van der Waals surface area contributed by atoms with Gasteiger partial charge in [-0.05, 0) is 55.8 Å². The molecule has 0 saturated carbocycles. The van der Waals surface area contributed by atoms with Crippen LogP contribution in [0.2, 0.25) is 0 Å². The van der Waals surface area contributed by atoms with Gasteiger partial charge in [-0.3, -0.25) is 9.10 Å². The minimum atomic E-state index is -3.29. The van der Waals surface area contributed by atoms with Crippen molar-refractivity contribution < 1.29 is 17.6 Å². The topological polar surface area (TPSA) is 70.8 Å². The zero-order valence-corrected chi connectivity index (χ0v) is 17.7. The third-order valence-electron chi connectivity index (χ3n) is 4.84. The number of hydrogen-bond acceptors (Lipinski definition) is 5. The van der Waals surface area contributed by atoms with Crippen LogP contribution in [0.1, 0.15) is 32.3 Å². The molecule has 6 nitrogen and oxygen atoms in total. The third kappa shape index (κ3) is 4.38. The Bertz CT molecular complexity index is 1100. The van der Waals surface area contributed by atoms with E-state index in [1.165, 1.54) is 9.18 Å². The maximum absolute atomic E-state index is 13.3. The molecule has 0 unspecified atom stereocenters. The first-order valence-corrected chi connectivity index (χ1v) is 11.8. The molecule has 3 heterocycles. The number of anilines is 1. The maximum atomic E-state index is 13.3. The summed E-state index contributed by atoms with van der Waals surface area (Å²) in [6, 6.07) is 14.6. The number of rotatable bonds is 6. The van der Waals surface area contributed by atoms with Crippen molar-refractivity contribution in [1.29, 1.82) is 0 Å². The predicted octanol–water partition coefficient (Wildman–Crippen LogP) is 4.03. The Morgan fingerprint density at radius 3 is 2.69 bits per heavy atom. The van der Waals surface area contributed by atoms with Gasteiger partial charge in [0.1, 0.15) is 5.76 Å². The molecule has 1 saturated heterocycles. The van der Waals surface area contributed by atoms with Gasteiger partial charge in [-0.15, -0.1) is 11.3 Å². The minimum Gasteiger partial charge on any atom is -0.467 e. The molecule has 1 aromatic carbocycles. The van der Waals surface area contributed by atoms with E-state index < -0.39 is 10.0 Å². The quantitative estimate of drug-likeness (QED) is 0.592. The van der Waals surface area contributed by atoms with Crippen LogP contribution in [0.4, 0.5) is 5.69 Å². The smallest absolute Gasteiger partial charge is 0.254 e. The van der Waals surface area contributed by atoms with Crippen molar-refractivity contribution in [2.75, 3.05) is 16.6 Å². The van der Waals surface area contributed by atoms with E-state index >= 15 is 0 Å². The SMILES string of the molecule is Cc1ccc(CN(Cc2ccco2)C(=O)c2cccc(N3CCCS3(=O)=O)c2)s1. The Kier molecular flexibility index (Phi) is 5.47. The molecule has 1 fully saturated rings. The third-order valence-corrected chi connectivity index (χ3v) is 7.69. The van der Waals surface area contributed by atoms with Crippen molar-refractivity contribution in [3.8, 4) is 0 Å². The highest BCUT2D eigenvalue weighted by Gasteiger charge is 2.29. The number of furan rings is 1. The molecule has 0 atom stereocenters. The van der Waals surface area contributed by atoms with Crippen LogP contribution in [-0.2, 0) is 23.1 Å². The van der Waals surface area contributed by atoms with Crippen LogP contribution >= 0.6 is 11.3 Å². The van der Waals surface area contributed by atoms with Gasteiger partial charge in [0, 0.05) is 21.9 Å². The first kappa shape index (κ1) is 19.7. The summed E-state index contributed by atoms with van der Waals surface area (Å²) >= 11 is 1.65. The van der Waals surface area contributed by atoms with Gasteiger partial charge in [-0.25, -0.2) is 8.42 Å². The molecule has 0 N–H and O–H groups in total. The molecule has 1 aliphatic heterocycles. The summed E-state index contributed by atoms with van der Waals surface area (Å²) in [6.07, 6.45) is 2.19. The molecule has 0 aliphatic carbocycles. The van der Waals surface area contributed by atoms with Crippen molar-refractivity contribution in [2.24, 2.45) is 0 Å². The monoisotopic (exact) mass is 430 g/mol. The fourth-order valence-corrected chi connectivity index (χ4v) is 5.92. The lowest BCUT2D eigenvalue weighted by Gasteiger charge is -2.23. The predicted molar refractivity (Wildman–Crippen MR) is 114 cm³/mol. The summed E-state index contributed by atoms with van der Waals surface area (Å²) in [4.78, 5) is 17.3. The van der Waals surface area contributed by atoms with Crippen molar-refractivity contribution in [1.82, 2.24) is 4.90 Å². The van der Waals surface area contributed by atoms with Crippen LogP contribution < -0.4 is 4.31 Å². The molecule has 4 rings (SSSR count). The number of benzene rings is 1. The summed E-state index contributed by atoms with van der Waals surface area (Å²) in [5, 5.41) is 0. The van der Waals surface area contributed by atoms with Gasteiger partial charge in [0.25, 0.3) is 5.91 Å². The molecule has 3 aromatic rings. The lowest BCUT2D eigenvalue weighted by atomic mass is 10.1. The van der Waals surface area contributed by atoms with E-state index in [9.17, 15) is 13.2 Å². The molecule has 8 heteroatoms. The first-order valence-electron chi connectivity index (χ1n) is 9.40. The Hall–Kier alpha value is -2.58. The van der Waals surface area contributed by atoms with Gasteiger partial charge in [-0.2, -0.15) is 0 Å². The van der Waals surface area contributed by atoms with Crippen molar-refractivity contribution in [2.45, 2.75) is 26.4 Å². The summed E-state index contributed by atoms with van der Waals surface area (Å²) in [5.41, 5.74) is 1.00. The van der Waals surface area contributed by atoms with E-state index in [2.05, 4.69) is 0 Å². The summed E-state index contributed by atoms with van der Waals surface area (Å²) in [6.45, 7) is 3.29. The number of aryl methyl sites for hydroxylation is 1. The number of sulfonamides is 1. The number of thiophene rings is 1. The van der Waals surface area contributed by atoms with Gasteiger partial charge in [0.15, 0.2) is 0 Å². The maximum Gasteiger partial charge on any atom is 0.254 e. The average molecular weight is 431 g/mol. The van der Waals surface area contributed by atoms with Gasteiger partial charge < -0.3 is 9.32 Å². The number of carbonyl (C=O) groups excluding carboxylic acids is 1. The highest BCUT2D eigenvalue weighted by atomic mass is 32.2. The molecule has 1 amide bonds. The summed E-state index contributed by atoms with van der Waals surface area (Å²) < 4.78 is 31.3. The second-order valence-corrected chi connectivity index (χ2v) is 10.4. The fraction of sp³-hybridized carbons (Fsp3) is 0.286. The zero-order chi connectivity index (χ0) is 20.4. The van der Waals surface area contributed by atoms with Crippen LogP contribution in [0.15, 0.2) is 59.2 Å². The van der Waals surface area contributed by atoms with E-state index in [0.29, 0.717) is 43.1 Å². The number of amides is 1. The van der Waals surface area contributed by atoms with Crippen molar-refractivity contribution >= 4 is 33.0 Å².